The van der Waals surface area contributed by atoms with Gasteiger partial charge in [0, 0.05) is 26.7 Å². The lowest BCUT2D eigenvalue weighted by atomic mass is 9.95. The SMILES string of the molecule is [C-]#[N+]c1ccc2c(n1)c(N1CCN(C(c3ccc(F)cc3)c3ccc(F)cc3)CC1C(=O)OC)c(C#N)c(=O)n2C. The number of nitriles is 1. The van der Waals surface area contributed by atoms with E-state index in [1.54, 1.807) is 35.2 Å². The highest BCUT2D eigenvalue weighted by Crippen LogP contribution is 2.36. The molecule has 0 amide bonds. The number of benzene rings is 2. The molecule has 0 radical (unpaired) electrons. The summed E-state index contributed by atoms with van der Waals surface area (Å²) in [7, 11) is 2.76. The molecule has 2 aromatic heterocycles. The zero-order valence-electron chi connectivity index (χ0n) is 22.2. The van der Waals surface area contributed by atoms with Crippen LogP contribution in [0.25, 0.3) is 15.9 Å². The van der Waals surface area contributed by atoms with E-state index in [0.717, 1.165) is 11.1 Å². The second kappa shape index (κ2) is 11.2. The first-order chi connectivity index (χ1) is 19.8. The molecule has 1 aliphatic heterocycles. The molecule has 206 valence electrons. The van der Waals surface area contributed by atoms with Gasteiger partial charge in [-0.25, -0.2) is 13.6 Å². The lowest BCUT2D eigenvalue weighted by molar-refractivity contribution is -0.143. The maximum atomic E-state index is 13.8. The lowest BCUT2D eigenvalue weighted by Crippen LogP contribution is -2.58. The van der Waals surface area contributed by atoms with Crippen LogP contribution in [0.1, 0.15) is 22.7 Å². The van der Waals surface area contributed by atoms with E-state index in [2.05, 4.69) is 9.83 Å². The first kappa shape index (κ1) is 27.4. The van der Waals surface area contributed by atoms with E-state index in [1.165, 1.54) is 49.1 Å². The van der Waals surface area contributed by atoms with Gasteiger partial charge in [-0.15, -0.1) is 4.98 Å². The minimum Gasteiger partial charge on any atom is -0.467 e. The van der Waals surface area contributed by atoms with Gasteiger partial charge in [-0.05, 0) is 47.5 Å². The summed E-state index contributed by atoms with van der Waals surface area (Å²) in [6, 6.07) is 15.5. The van der Waals surface area contributed by atoms with E-state index < -0.39 is 35.2 Å². The summed E-state index contributed by atoms with van der Waals surface area (Å²) in [5.41, 5.74) is 1.50. The van der Waals surface area contributed by atoms with Gasteiger partial charge in [0.15, 0.2) is 0 Å². The van der Waals surface area contributed by atoms with E-state index in [1.807, 2.05) is 11.0 Å². The quantitative estimate of drug-likeness (QED) is 0.271. The maximum absolute atomic E-state index is 13.8. The molecule has 1 saturated heterocycles. The number of hydrogen-bond acceptors (Lipinski definition) is 7. The molecular formula is C30H24F2N6O3. The van der Waals surface area contributed by atoms with Crippen LogP contribution in [0.4, 0.5) is 20.3 Å². The molecule has 0 spiro atoms. The molecule has 2 aromatic carbocycles. The molecule has 1 aliphatic rings. The molecule has 3 heterocycles. The Morgan fingerprint density at radius 1 is 1.07 bits per heavy atom. The predicted octanol–water partition coefficient (Wildman–Crippen LogP) is 4.09. The van der Waals surface area contributed by atoms with Crippen molar-refractivity contribution in [1.82, 2.24) is 14.5 Å². The summed E-state index contributed by atoms with van der Waals surface area (Å²) in [5.74, 6) is -1.35. The molecule has 1 atom stereocenters. The third-order valence-corrected chi connectivity index (χ3v) is 7.34. The van der Waals surface area contributed by atoms with E-state index >= 15 is 0 Å². The number of aryl methyl sites for hydroxylation is 1. The lowest BCUT2D eigenvalue weighted by Gasteiger charge is -2.44. The van der Waals surface area contributed by atoms with Gasteiger partial charge in [0.05, 0.1) is 18.7 Å². The van der Waals surface area contributed by atoms with Crippen molar-refractivity contribution in [2.75, 3.05) is 31.6 Å². The van der Waals surface area contributed by atoms with Crippen LogP contribution in [0.2, 0.25) is 0 Å². The fraction of sp³-hybridized carbons (Fsp3) is 0.233. The number of ether oxygens (including phenoxy) is 1. The molecule has 1 fully saturated rings. The number of fused-ring (bicyclic) bond motifs is 1. The number of rotatable bonds is 5. The smallest absolute Gasteiger partial charge is 0.329 e. The Bertz CT molecular complexity index is 1730. The van der Waals surface area contributed by atoms with Crippen molar-refractivity contribution in [2.24, 2.45) is 7.05 Å². The molecule has 4 aromatic rings. The Morgan fingerprint density at radius 2 is 1.68 bits per heavy atom. The van der Waals surface area contributed by atoms with Crippen LogP contribution in [0.3, 0.4) is 0 Å². The van der Waals surface area contributed by atoms with Gasteiger partial charge in [-0.3, -0.25) is 9.69 Å². The van der Waals surface area contributed by atoms with E-state index in [0.29, 0.717) is 12.1 Å². The second-order valence-corrected chi connectivity index (χ2v) is 9.58. The topological polar surface area (TPSA) is 95.8 Å². The van der Waals surface area contributed by atoms with Crippen LogP contribution in [-0.2, 0) is 16.6 Å². The first-order valence-corrected chi connectivity index (χ1v) is 12.7. The molecule has 1 unspecified atom stereocenters. The van der Waals surface area contributed by atoms with Crippen molar-refractivity contribution in [3.05, 3.63) is 111 Å². The van der Waals surface area contributed by atoms with E-state index in [4.69, 9.17) is 11.3 Å². The molecule has 41 heavy (non-hydrogen) atoms. The van der Waals surface area contributed by atoms with Crippen molar-refractivity contribution in [3.63, 3.8) is 0 Å². The second-order valence-electron chi connectivity index (χ2n) is 9.58. The summed E-state index contributed by atoms with van der Waals surface area (Å²) in [5, 5.41) is 10.0. The predicted molar refractivity (Wildman–Crippen MR) is 147 cm³/mol. The monoisotopic (exact) mass is 554 g/mol. The van der Waals surface area contributed by atoms with Gasteiger partial charge < -0.3 is 19.0 Å². The Kier molecular flexibility index (Phi) is 7.47. The minimum absolute atomic E-state index is 0.0715. The summed E-state index contributed by atoms with van der Waals surface area (Å²) in [6.07, 6.45) is 0. The number of hydrogen-bond donors (Lipinski definition) is 0. The standard InChI is InChI=1S/C30H24F2N6O3/c1-34-25-13-12-23-26(35-25)28(22(16-33)29(39)36(23)2)38-15-14-37(17-24(38)30(40)41-3)27(18-4-8-20(31)9-5-18)19-6-10-21(32)11-7-19/h4-13,24,27H,14-15,17H2,2-3H3. The Hall–Kier alpha value is -5.13. The molecule has 0 saturated carbocycles. The number of carbonyl (C=O) groups is 1. The number of anilines is 1. The number of piperazine rings is 1. The Balaban J connectivity index is 1.65. The highest BCUT2D eigenvalue weighted by molar-refractivity contribution is 5.95. The number of nitrogens with zero attached hydrogens (tertiary/aromatic N) is 6. The van der Waals surface area contributed by atoms with Crippen molar-refractivity contribution in [2.45, 2.75) is 12.1 Å². The van der Waals surface area contributed by atoms with Crippen LogP contribution in [-0.4, -0.2) is 53.2 Å². The van der Waals surface area contributed by atoms with Gasteiger partial charge in [-0.1, -0.05) is 30.8 Å². The summed E-state index contributed by atoms with van der Waals surface area (Å²) >= 11 is 0. The van der Waals surface area contributed by atoms with Crippen molar-refractivity contribution < 1.29 is 18.3 Å². The highest BCUT2D eigenvalue weighted by atomic mass is 19.1. The minimum atomic E-state index is -0.974. The Morgan fingerprint density at radius 3 is 2.22 bits per heavy atom. The first-order valence-electron chi connectivity index (χ1n) is 12.7. The normalized spacial score (nSPS) is 15.5. The fourth-order valence-corrected chi connectivity index (χ4v) is 5.37. The zero-order chi connectivity index (χ0) is 29.3. The van der Waals surface area contributed by atoms with E-state index in [9.17, 15) is 23.6 Å². The number of carbonyl (C=O) groups excluding carboxylic acids is 1. The average Bonchev–Trinajstić information content (AvgIpc) is 3.00. The molecular weight excluding hydrogens is 530 g/mol. The van der Waals surface area contributed by atoms with Crippen LogP contribution in [0, 0.1) is 29.5 Å². The van der Waals surface area contributed by atoms with Crippen LogP contribution in [0.5, 0.6) is 0 Å². The number of aromatic nitrogens is 2. The molecule has 0 bridgehead atoms. The summed E-state index contributed by atoms with van der Waals surface area (Å²) in [4.78, 5) is 37.9. The highest BCUT2D eigenvalue weighted by Gasteiger charge is 2.40. The zero-order valence-corrected chi connectivity index (χ0v) is 22.2. The van der Waals surface area contributed by atoms with Gasteiger partial charge in [0.1, 0.15) is 35.0 Å². The molecule has 11 heteroatoms. The third-order valence-electron chi connectivity index (χ3n) is 7.34. The molecule has 9 nitrogen and oxygen atoms in total. The van der Waals surface area contributed by atoms with Gasteiger partial charge in [-0.2, -0.15) is 5.26 Å². The van der Waals surface area contributed by atoms with Crippen molar-refractivity contribution >= 4 is 28.5 Å². The van der Waals surface area contributed by atoms with E-state index in [-0.39, 0.29) is 35.7 Å². The van der Waals surface area contributed by atoms with Crippen LogP contribution >= 0.6 is 0 Å². The number of halogens is 2. The number of esters is 1. The summed E-state index contributed by atoms with van der Waals surface area (Å²) in [6.45, 7) is 8.03. The van der Waals surface area contributed by atoms with Gasteiger partial charge >= 0.3 is 5.97 Å². The Labute approximate surface area is 234 Å². The van der Waals surface area contributed by atoms with Crippen molar-refractivity contribution in [3.8, 4) is 6.07 Å². The van der Waals surface area contributed by atoms with Gasteiger partial charge in [0.25, 0.3) is 11.4 Å². The molecule has 0 aliphatic carbocycles. The van der Waals surface area contributed by atoms with Crippen molar-refractivity contribution in [1.29, 1.82) is 5.26 Å². The number of pyridine rings is 2. The third kappa shape index (κ3) is 4.99. The van der Waals surface area contributed by atoms with Crippen LogP contribution in [0.15, 0.2) is 65.5 Å². The summed E-state index contributed by atoms with van der Waals surface area (Å²) < 4.78 is 34.1. The van der Waals surface area contributed by atoms with Crippen LogP contribution < -0.4 is 10.5 Å². The average molecular weight is 555 g/mol. The fourth-order valence-electron chi connectivity index (χ4n) is 5.37. The number of methoxy groups -OCH3 is 1. The molecule has 5 rings (SSSR count). The maximum Gasteiger partial charge on any atom is 0.329 e. The largest absolute Gasteiger partial charge is 0.467 e. The van der Waals surface area contributed by atoms with Gasteiger partial charge in [0.2, 0.25) is 5.52 Å². The molecule has 0 N–H and O–H groups in total.